The van der Waals surface area contributed by atoms with Crippen LogP contribution in [0.15, 0.2) is 29.6 Å². The molecule has 0 saturated heterocycles. The molecule has 3 rings (SSSR count). The van der Waals surface area contributed by atoms with E-state index < -0.39 is 11.6 Å². The number of rotatable bonds is 4. The highest BCUT2D eigenvalue weighted by molar-refractivity contribution is 7.10. The summed E-state index contributed by atoms with van der Waals surface area (Å²) in [7, 11) is 0. The summed E-state index contributed by atoms with van der Waals surface area (Å²) in [5.41, 5.74) is 1.55. The lowest BCUT2D eigenvalue weighted by Gasteiger charge is -2.27. The minimum Gasteiger partial charge on any atom is -0.307 e. The first-order valence-corrected chi connectivity index (χ1v) is 8.28. The topological polar surface area (TPSA) is 12.0 Å². The standard InChI is InChI=1S/C17H19F2NS/c1-11(10-13-14(18)4-2-5-15(13)19)20-16-6-3-7-17-12(16)8-9-21-17/h2,4-5,8-9,11,16,20H,3,6-7,10H2,1H3. The molecule has 2 aromatic rings. The number of hydrogen-bond acceptors (Lipinski definition) is 2. The Labute approximate surface area is 128 Å². The average molecular weight is 307 g/mol. The van der Waals surface area contributed by atoms with Crippen LogP contribution in [0.2, 0.25) is 0 Å². The van der Waals surface area contributed by atoms with Crippen LogP contribution >= 0.6 is 11.3 Å². The van der Waals surface area contributed by atoms with E-state index in [-0.39, 0.29) is 11.6 Å². The van der Waals surface area contributed by atoms with Gasteiger partial charge in [0.15, 0.2) is 0 Å². The van der Waals surface area contributed by atoms with E-state index in [9.17, 15) is 8.78 Å². The van der Waals surface area contributed by atoms with E-state index >= 15 is 0 Å². The van der Waals surface area contributed by atoms with Crippen LogP contribution in [0, 0.1) is 11.6 Å². The predicted molar refractivity (Wildman–Crippen MR) is 82.7 cm³/mol. The molecule has 0 saturated carbocycles. The first-order chi connectivity index (χ1) is 10.1. The van der Waals surface area contributed by atoms with Gasteiger partial charge in [0.1, 0.15) is 11.6 Å². The smallest absolute Gasteiger partial charge is 0.129 e. The van der Waals surface area contributed by atoms with Crippen molar-refractivity contribution >= 4 is 11.3 Å². The Morgan fingerprint density at radius 3 is 2.81 bits per heavy atom. The fraction of sp³-hybridized carbons (Fsp3) is 0.412. The van der Waals surface area contributed by atoms with Crippen molar-refractivity contribution in [3.8, 4) is 0 Å². The molecule has 2 atom stereocenters. The third-order valence-electron chi connectivity index (χ3n) is 4.11. The van der Waals surface area contributed by atoms with Gasteiger partial charge in [-0.15, -0.1) is 11.3 Å². The summed E-state index contributed by atoms with van der Waals surface area (Å²) >= 11 is 1.81. The van der Waals surface area contributed by atoms with Crippen LogP contribution in [0.5, 0.6) is 0 Å². The molecule has 112 valence electrons. The highest BCUT2D eigenvalue weighted by Gasteiger charge is 2.23. The molecular formula is C17H19F2NS. The number of halogens is 2. The molecule has 0 spiro atoms. The molecule has 1 aromatic carbocycles. The third kappa shape index (κ3) is 3.16. The van der Waals surface area contributed by atoms with E-state index in [0.29, 0.717) is 12.5 Å². The second-order valence-electron chi connectivity index (χ2n) is 5.72. The van der Waals surface area contributed by atoms with Gasteiger partial charge in [-0.2, -0.15) is 0 Å². The Kier molecular flexibility index (Phi) is 4.36. The molecule has 1 aliphatic rings. The maximum absolute atomic E-state index is 13.7. The van der Waals surface area contributed by atoms with Gasteiger partial charge in [-0.1, -0.05) is 6.07 Å². The van der Waals surface area contributed by atoms with E-state index in [2.05, 4.69) is 16.8 Å². The Morgan fingerprint density at radius 2 is 2.05 bits per heavy atom. The summed E-state index contributed by atoms with van der Waals surface area (Å²) < 4.78 is 27.4. The van der Waals surface area contributed by atoms with E-state index in [1.165, 1.54) is 35.1 Å². The predicted octanol–water partition coefficient (Wildman–Crippen LogP) is 4.62. The van der Waals surface area contributed by atoms with Crippen molar-refractivity contribution in [3.63, 3.8) is 0 Å². The molecule has 4 heteroatoms. The zero-order valence-corrected chi connectivity index (χ0v) is 12.9. The lowest BCUT2D eigenvalue weighted by molar-refractivity contribution is 0.402. The Hall–Kier alpha value is -1.26. The van der Waals surface area contributed by atoms with Gasteiger partial charge in [0.2, 0.25) is 0 Å². The number of nitrogens with one attached hydrogen (secondary N) is 1. The van der Waals surface area contributed by atoms with Gasteiger partial charge in [0.05, 0.1) is 0 Å². The Bertz CT molecular complexity index is 603. The van der Waals surface area contributed by atoms with Gasteiger partial charge in [0.25, 0.3) is 0 Å². The van der Waals surface area contributed by atoms with Crippen molar-refractivity contribution in [1.82, 2.24) is 5.32 Å². The fourth-order valence-corrected chi connectivity index (χ4v) is 4.08. The van der Waals surface area contributed by atoms with Crippen LogP contribution in [0.25, 0.3) is 0 Å². The van der Waals surface area contributed by atoms with Crippen LogP contribution in [-0.4, -0.2) is 6.04 Å². The van der Waals surface area contributed by atoms with Crippen molar-refractivity contribution in [2.24, 2.45) is 0 Å². The Morgan fingerprint density at radius 1 is 1.29 bits per heavy atom. The minimum atomic E-state index is -0.455. The van der Waals surface area contributed by atoms with Gasteiger partial charge in [-0.05, 0) is 61.7 Å². The first-order valence-electron chi connectivity index (χ1n) is 7.40. The molecule has 0 fully saturated rings. The monoisotopic (exact) mass is 307 g/mol. The van der Waals surface area contributed by atoms with E-state index in [1.54, 1.807) is 11.3 Å². The molecule has 1 heterocycles. The van der Waals surface area contributed by atoms with Crippen molar-refractivity contribution in [2.75, 3.05) is 0 Å². The molecule has 2 unspecified atom stereocenters. The van der Waals surface area contributed by atoms with Crippen LogP contribution in [0.3, 0.4) is 0 Å². The Balaban J connectivity index is 1.69. The highest BCUT2D eigenvalue weighted by atomic mass is 32.1. The summed E-state index contributed by atoms with van der Waals surface area (Å²) in [6.45, 7) is 1.99. The molecule has 1 aliphatic carbocycles. The average Bonchev–Trinajstić information content (AvgIpc) is 2.93. The van der Waals surface area contributed by atoms with Gasteiger partial charge in [-0.3, -0.25) is 0 Å². The summed E-state index contributed by atoms with van der Waals surface area (Å²) in [6, 6.07) is 6.57. The first kappa shape index (κ1) is 14.7. The zero-order valence-electron chi connectivity index (χ0n) is 12.0. The normalized spacial score (nSPS) is 19.3. The zero-order chi connectivity index (χ0) is 14.8. The summed E-state index contributed by atoms with van der Waals surface area (Å²) in [5.74, 6) is -0.910. The molecule has 0 amide bonds. The number of thiophene rings is 1. The summed E-state index contributed by atoms with van der Waals surface area (Å²) in [6.07, 6.45) is 3.79. The lowest BCUT2D eigenvalue weighted by Crippen LogP contribution is -2.34. The summed E-state index contributed by atoms with van der Waals surface area (Å²) in [5, 5.41) is 5.67. The lowest BCUT2D eigenvalue weighted by atomic mass is 9.93. The quantitative estimate of drug-likeness (QED) is 0.869. The van der Waals surface area contributed by atoms with Crippen molar-refractivity contribution in [1.29, 1.82) is 0 Å². The van der Waals surface area contributed by atoms with Gasteiger partial charge >= 0.3 is 0 Å². The van der Waals surface area contributed by atoms with E-state index in [1.807, 2.05) is 6.92 Å². The van der Waals surface area contributed by atoms with Crippen LogP contribution in [-0.2, 0) is 12.8 Å². The SMILES string of the molecule is CC(Cc1c(F)cccc1F)NC1CCCc2sccc21. The van der Waals surface area contributed by atoms with Gasteiger partial charge in [-0.25, -0.2) is 8.78 Å². The molecule has 1 nitrogen and oxygen atoms in total. The number of fused-ring (bicyclic) bond motifs is 1. The highest BCUT2D eigenvalue weighted by Crippen LogP contribution is 2.33. The van der Waals surface area contributed by atoms with Crippen molar-refractivity contribution < 1.29 is 8.78 Å². The molecule has 0 bridgehead atoms. The number of benzene rings is 1. The van der Waals surface area contributed by atoms with Gasteiger partial charge in [0, 0.05) is 22.5 Å². The van der Waals surface area contributed by atoms with Crippen molar-refractivity contribution in [2.45, 2.75) is 44.7 Å². The number of aryl methyl sites for hydroxylation is 1. The second kappa shape index (κ2) is 6.24. The summed E-state index contributed by atoms with van der Waals surface area (Å²) in [4.78, 5) is 1.45. The van der Waals surface area contributed by atoms with Crippen LogP contribution in [0.4, 0.5) is 8.78 Å². The maximum atomic E-state index is 13.7. The molecule has 21 heavy (non-hydrogen) atoms. The van der Waals surface area contributed by atoms with E-state index in [0.717, 1.165) is 12.8 Å². The van der Waals surface area contributed by atoms with E-state index in [4.69, 9.17) is 0 Å². The largest absolute Gasteiger partial charge is 0.307 e. The fourth-order valence-electron chi connectivity index (χ4n) is 3.10. The molecule has 0 radical (unpaired) electrons. The molecule has 0 aliphatic heterocycles. The minimum absolute atomic E-state index is 0.0345. The molecular weight excluding hydrogens is 288 g/mol. The number of hydrogen-bond donors (Lipinski definition) is 1. The molecule has 1 N–H and O–H groups in total. The van der Waals surface area contributed by atoms with Crippen LogP contribution < -0.4 is 5.32 Å². The van der Waals surface area contributed by atoms with Gasteiger partial charge < -0.3 is 5.32 Å². The molecule has 1 aromatic heterocycles. The third-order valence-corrected chi connectivity index (χ3v) is 5.11. The van der Waals surface area contributed by atoms with Crippen molar-refractivity contribution in [3.05, 3.63) is 57.3 Å². The second-order valence-corrected chi connectivity index (χ2v) is 6.72. The maximum Gasteiger partial charge on any atom is 0.129 e. The van der Waals surface area contributed by atoms with Crippen LogP contribution in [0.1, 0.15) is 41.8 Å².